The summed E-state index contributed by atoms with van der Waals surface area (Å²) in [5.41, 5.74) is 1.17. The van der Waals surface area contributed by atoms with Crippen LogP contribution in [0.15, 0.2) is 63.4 Å². The molecule has 1 aliphatic rings. The Morgan fingerprint density at radius 2 is 2.00 bits per heavy atom. The number of nitrogens with one attached hydrogen (secondary N) is 1. The molecule has 3 aromatic rings. The molecule has 0 unspecified atom stereocenters. The zero-order valence-electron chi connectivity index (χ0n) is 16.7. The molecule has 12 heteroatoms. The standard InChI is InChI=1S/C21H15ClF3N3O3S2/c22-12-2-1-3-13(10-12)26-17(29)11-33-20-27-16-8-9-32-18(16)19(30)28(20)14-4-6-15(7-5-14)31-21(23,24)25/h1-7,10H,8-9,11H2,(H,26,29). The molecule has 1 amide bonds. The third-order valence-electron chi connectivity index (χ3n) is 4.44. The lowest BCUT2D eigenvalue weighted by Gasteiger charge is -2.15. The molecule has 0 aliphatic carbocycles. The van der Waals surface area contributed by atoms with Gasteiger partial charge in [-0.1, -0.05) is 29.4 Å². The Labute approximate surface area is 199 Å². The summed E-state index contributed by atoms with van der Waals surface area (Å²) in [4.78, 5) is 30.6. The molecule has 1 aromatic heterocycles. The van der Waals surface area contributed by atoms with Crippen molar-refractivity contribution in [3.63, 3.8) is 0 Å². The van der Waals surface area contributed by atoms with Crippen LogP contribution in [-0.4, -0.2) is 33.3 Å². The van der Waals surface area contributed by atoms with Gasteiger partial charge in [-0.2, -0.15) is 0 Å². The average molecular weight is 514 g/mol. The van der Waals surface area contributed by atoms with Crippen molar-refractivity contribution in [2.24, 2.45) is 0 Å². The number of alkyl halides is 3. The van der Waals surface area contributed by atoms with Gasteiger partial charge in [-0.3, -0.25) is 14.2 Å². The van der Waals surface area contributed by atoms with E-state index in [-0.39, 0.29) is 22.4 Å². The Kier molecular flexibility index (Phi) is 6.91. The third kappa shape index (κ3) is 5.84. The van der Waals surface area contributed by atoms with E-state index in [4.69, 9.17) is 11.6 Å². The summed E-state index contributed by atoms with van der Waals surface area (Å²) in [5, 5.41) is 3.47. The molecule has 0 bridgehead atoms. The van der Waals surface area contributed by atoms with Gasteiger partial charge < -0.3 is 10.1 Å². The van der Waals surface area contributed by atoms with Gasteiger partial charge in [0, 0.05) is 22.9 Å². The molecule has 0 fully saturated rings. The van der Waals surface area contributed by atoms with Crippen molar-refractivity contribution in [2.75, 3.05) is 16.8 Å². The molecule has 0 saturated heterocycles. The number of halogens is 4. The number of hydrogen-bond donors (Lipinski definition) is 1. The van der Waals surface area contributed by atoms with Crippen LogP contribution in [0.1, 0.15) is 5.69 Å². The molecule has 2 heterocycles. The number of anilines is 1. The van der Waals surface area contributed by atoms with E-state index < -0.39 is 12.1 Å². The number of carbonyl (C=O) groups is 1. The quantitative estimate of drug-likeness (QED) is 0.362. The normalized spacial score (nSPS) is 13.0. The fourth-order valence-corrected chi connectivity index (χ4v) is 5.15. The van der Waals surface area contributed by atoms with Crippen LogP contribution in [0.2, 0.25) is 5.02 Å². The van der Waals surface area contributed by atoms with Crippen LogP contribution < -0.4 is 15.6 Å². The molecule has 2 aromatic carbocycles. The predicted molar refractivity (Wildman–Crippen MR) is 122 cm³/mol. The molecule has 0 saturated carbocycles. The van der Waals surface area contributed by atoms with Crippen molar-refractivity contribution in [1.82, 2.24) is 9.55 Å². The second-order valence-electron chi connectivity index (χ2n) is 6.80. The molecule has 4 rings (SSSR count). The number of aromatic nitrogens is 2. The second kappa shape index (κ2) is 9.70. The first-order valence-corrected chi connectivity index (χ1v) is 11.9. The van der Waals surface area contributed by atoms with Crippen LogP contribution in [0.3, 0.4) is 0 Å². The van der Waals surface area contributed by atoms with Crippen LogP contribution >= 0.6 is 35.1 Å². The van der Waals surface area contributed by atoms with E-state index in [1.165, 1.54) is 28.5 Å². The minimum atomic E-state index is -4.82. The summed E-state index contributed by atoms with van der Waals surface area (Å²) in [6, 6.07) is 11.6. The van der Waals surface area contributed by atoms with E-state index >= 15 is 0 Å². The second-order valence-corrected chi connectivity index (χ2v) is 9.28. The number of fused-ring (bicyclic) bond motifs is 1. The monoisotopic (exact) mass is 513 g/mol. The molecule has 33 heavy (non-hydrogen) atoms. The highest BCUT2D eigenvalue weighted by molar-refractivity contribution is 8.00. The lowest BCUT2D eigenvalue weighted by atomic mass is 10.3. The molecular formula is C21H15ClF3N3O3S2. The van der Waals surface area contributed by atoms with Gasteiger partial charge >= 0.3 is 6.36 Å². The average Bonchev–Trinajstić information content (AvgIpc) is 3.21. The number of amides is 1. The first-order valence-electron chi connectivity index (χ1n) is 9.53. The summed E-state index contributed by atoms with van der Waals surface area (Å²) in [7, 11) is 0. The van der Waals surface area contributed by atoms with Crippen molar-refractivity contribution in [1.29, 1.82) is 0 Å². The largest absolute Gasteiger partial charge is 0.573 e. The van der Waals surface area contributed by atoms with E-state index in [2.05, 4.69) is 15.0 Å². The van der Waals surface area contributed by atoms with Crippen LogP contribution in [0.25, 0.3) is 5.69 Å². The Morgan fingerprint density at radius 3 is 2.70 bits per heavy atom. The summed E-state index contributed by atoms with van der Waals surface area (Å²) in [5.74, 6) is -0.0656. The van der Waals surface area contributed by atoms with Crippen molar-refractivity contribution in [3.8, 4) is 11.4 Å². The highest BCUT2D eigenvalue weighted by Crippen LogP contribution is 2.31. The number of hydrogen-bond acceptors (Lipinski definition) is 6. The zero-order valence-corrected chi connectivity index (χ0v) is 19.1. The topological polar surface area (TPSA) is 73.2 Å². The molecular weight excluding hydrogens is 499 g/mol. The number of aryl methyl sites for hydroxylation is 1. The Hall–Kier alpha value is -2.63. The Bertz CT molecular complexity index is 1250. The van der Waals surface area contributed by atoms with Crippen LogP contribution in [0.4, 0.5) is 18.9 Å². The van der Waals surface area contributed by atoms with E-state index in [1.807, 2.05) is 0 Å². The Balaban J connectivity index is 1.59. The molecule has 0 spiro atoms. The van der Waals surface area contributed by atoms with Crippen LogP contribution in [-0.2, 0) is 11.2 Å². The SMILES string of the molecule is O=C(CSc1nc2c(c(=O)n1-c1ccc(OC(F)(F)F)cc1)SCC2)Nc1cccc(Cl)c1. The maximum absolute atomic E-state index is 13.1. The van der Waals surface area contributed by atoms with Crippen LogP contribution in [0.5, 0.6) is 5.75 Å². The van der Waals surface area contributed by atoms with Gasteiger partial charge in [0.25, 0.3) is 5.56 Å². The van der Waals surface area contributed by atoms with E-state index in [9.17, 15) is 22.8 Å². The number of benzene rings is 2. The molecule has 6 nitrogen and oxygen atoms in total. The maximum Gasteiger partial charge on any atom is 0.573 e. The summed E-state index contributed by atoms with van der Waals surface area (Å²) >= 11 is 8.36. The highest BCUT2D eigenvalue weighted by Gasteiger charge is 2.31. The van der Waals surface area contributed by atoms with Gasteiger partial charge in [0.1, 0.15) is 5.75 Å². The van der Waals surface area contributed by atoms with Crippen molar-refractivity contribution >= 4 is 46.7 Å². The number of thioether (sulfide) groups is 2. The van der Waals surface area contributed by atoms with E-state index in [0.29, 0.717) is 39.2 Å². The highest BCUT2D eigenvalue weighted by atomic mass is 35.5. The summed E-state index contributed by atoms with van der Waals surface area (Å²) in [6.45, 7) is 0. The van der Waals surface area contributed by atoms with Gasteiger partial charge in [0.15, 0.2) is 5.16 Å². The van der Waals surface area contributed by atoms with Gasteiger partial charge in [-0.05, 0) is 42.5 Å². The minimum absolute atomic E-state index is 0.0415. The predicted octanol–water partition coefficient (Wildman–Crippen LogP) is 5.16. The fourth-order valence-electron chi connectivity index (χ4n) is 3.11. The van der Waals surface area contributed by atoms with Gasteiger partial charge in [0.2, 0.25) is 5.91 Å². The zero-order chi connectivity index (χ0) is 23.6. The Morgan fingerprint density at radius 1 is 1.24 bits per heavy atom. The van der Waals surface area contributed by atoms with Crippen molar-refractivity contribution in [3.05, 3.63) is 69.6 Å². The number of nitrogens with zero attached hydrogens (tertiary/aromatic N) is 2. The number of carbonyl (C=O) groups excluding carboxylic acids is 1. The minimum Gasteiger partial charge on any atom is -0.406 e. The smallest absolute Gasteiger partial charge is 0.406 e. The summed E-state index contributed by atoms with van der Waals surface area (Å²) in [6.07, 6.45) is -4.20. The van der Waals surface area contributed by atoms with Crippen molar-refractivity contribution in [2.45, 2.75) is 22.8 Å². The molecule has 172 valence electrons. The lowest BCUT2D eigenvalue weighted by Crippen LogP contribution is -2.24. The number of ether oxygens (including phenoxy) is 1. The van der Waals surface area contributed by atoms with Crippen LogP contribution in [0, 0.1) is 0 Å². The first-order chi connectivity index (χ1) is 15.7. The molecule has 0 radical (unpaired) electrons. The molecule has 1 aliphatic heterocycles. The van der Waals surface area contributed by atoms with Gasteiger partial charge in [-0.25, -0.2) is 4.98 Å². The number of rotatable bonds is 6. The van der Waals surface area contributed by atoms with E-state index in [0.717, 1.165) is 23.9 Å². The van der Waals surface area contributed by atoms with Gasteiger partial charge in [-0.15, -0.1) is 24.9 Å². The molecule has 0 atom stereocenters. The molecule has 1 N–H and O–H groups in total. The fraction of sp³-hybridized carbons (Fsp3) is 0.190. The lowest BCUT2D eigenvalue weighted by molar-refractivity contribution is -0.274. The maximum atomic E-state index is 13.1. The first kappa shape index (κ1) is 23.5. The third-order valence-corrected chi connectivity index (χ3v) is 6.72. The van der Waals surface area contributed by atoms with E-state index in [1.54, 1.807) is 24.3 Å². The van der Waals surface area contributed by atoms with Crippen molar-refractivity contribution < 1.29 is 22.7 Å². The summed E-state index contributed by atoms with van der Waals surface area (Å²) < 4.78 is 42.6. The van der Waals surface area contributed by atoms with Gasteiger partial charge in [0.05, 0.1) is 22.0 Å².